The van der Waals surface area contributed by atoms with Gasteiger partial charge in [-0.25, -0.2) is 0 Å². The van der Waals surface area contributed by atoms with E-state index in [2.05, 4.69) is 170 Å². The van der Waals surface area contributed by atoms with Crippen LogP contribution in [0.2, 0.25) is 0 Å². The van der Waals surface area contributed by atoms with E-state index in [4.69, 9.17) is 0 Å². The highest BCUT2D eigenvalue weighted by atomic mass is 32.1. The first-order valence-corrected chi connectivity index (χ1v) is 22.6. The molecule has 0 aliphatic heterocycles. The number of benzene rings is 6. The highest BCUT2D eigenvalue weighted by molar-refractivity contribution is 7.25. The molecule has 0 radical (unpaired) electrons. The first-order valence-electron chi connectivity index (χ1n) is 21.8. The van der Waals surface area contributed by atoms with Crippen LogP contribution in [-0.2, 0) is 11.8 Å². The molecule has 0 amide bonds. The van der Waals surface area contributed by atoms with Crippen molar-refractivity contribution in [3.8, 4) is 39.1 Å². The van der Waals surface area contributed by atoms with Crippen molar-refractivity contribution in [3.05, 3.63) is 190 Å². The Morgan fingerprint density at radius 2 is 1.49 bits per heavy atom. The Hall–Kier alpha value is -5.96. The lowest BCUT2D eigenvalue weighted by molar-refractivity contribution is 0.547. The molecule has 0 fully saturated rings. The van der Waals surface area contributed by atoms with Crippen molar-refractivity contribution in [2.45, 2.75) is 69.6 Å². The number of hydrogen-bond donors (Lipinski definition) is 0. The van der Waals surface area contributed by atoms with Crippen LogP contribution in [0.3, 0.4) is 0 Å². The van der Waals surface area contributed by atoms with Crippen LogP contribution >= 0.6 is 11.3 Å². The van der Waals surface area contributed by atoms with Gasteiger partial charge in [0, 0.05) is 53.8 Å². The number of thiophene rings is 1. The second kappa shape index (κ2) is 12.5. The maximum absolute atomic E-state index is 2.61. The third-order valence-electron chi connectivity index (χ3n) is 14.6. The standard InChI is InChI=1S/C57H45NS/c1-57(2)50-33-38(23-25-44(50)45-26-29-54-55(56(45)57)46-18-10-11-19-53(46)59-54)58-51-27-21-35(34-12-4-3-5-13-34)31-48(51)49-32-37(22-28-52(49)58)36-20-24-43-41-16-7-6-14-39(41)40-15-8-9-17-42(40)47(43)30-36/h4,6-7,9-14,16-20,22-26,28-33,40,42H,3,5,8,15,21,27H2,1-2H3. The minimum Gasteiger partial charge on any atom is -0.313 e. The molecular weight excluding hydrogens is 731 g/mol. The normalized spacial score (nSPS) is 19.5. The monoisotopic (exact) mass is 775 g/mol. The molecule has 0 N–H and O–H groups in total. The molecule has 2 atom stereocenters. The summed E-state index contributed by atoms with van der Waals surface area (Å²) < 4.78 is 5.37. The largest absolute Gasteiger partial charge is 0.313 e. The Labute approximate surface area is 350 Å². The van der Waals surface area contributed by atoms with Gasteiger partial charge in [-0.05, 0) is 160 Å². The van der Waals surface area contributed by atoms with E-state index >= 15 is 0 Å². The molecular formula is C57H45NS. The lowest BCUT2D eigenvalue weighted by atomic mass is 9.67. The van der Waals surface area contributed by atoms with E-state index in [1.54, 1.807) is 0 Å². The van der Waals surface area contributed by atoms with Crippen molar-refractivity contribution in [1.29, 1.82) is 0 Å². The summed E-state index contributed by atoms with van der Waals surface area (Å²) in [6, 6.07) is 44.8. The zero-order valence-electron chi connectivity index (χ0n) is 33.7. The minimum absolute atomic E-state index is 0.132. The molecule has 0 saturated heterocycles. The van der Waals surface area contributed by atoms with Crippen LogP contribution in [0.15, 0.2) is 157 Å². The van der Waals surface area contributed by atoms with Gasteiger partial charge >= 0.3 is 0 Å². The van der Waals surface area contributed by atoms with Gasteiger partial charge in [0.2, 0.25) is 0 Å². The smallest absolute Gasteiger partial charge is 0.0538 e. The van der Waals surface area contributed by atoms with Crippen molar-refractivity contribution in [3.63, 3.8) is 0 Å². The van der Waals surface area contributed by atoms with E-state index in [9.17, 15) is 0 Å². The SMILES string of the molecule is CC1(C)c2cc(-n3c4c(c5cc(-c6ccc7c(c6)C6C=CCCC6c6ccccc6-7)ccc53)C=C(C3=CCCC=C3)CC4)ccc2-c2ccc3sc4ccccc4c3c21. The topological polar surface area (TPSA) is 4.93 Å². The summed E-state index contributed by atoms with van der Waals surface area (Å²) in [5, 5.41) is 4.17. The molecule has 0 saturated carbocycles. The van der Waals surface area contributed by atoms with Crippen LogP contribution in [0.4, 0.5) is 0 Å². The van der Waals surface area contributed by atoms with Crippen molar-refractivity contribution in [1.82, 2.24) is 4.57 Å². The van der Waals surface area contributed by atoms with Gasteiger partial charge in [-0.3, -0.25) is 0 Å². The van der Waals surface area contributed by atoms with Gasteiger partial charge in [0.05, 0.1) is 5.52 Å². The zero-order valence-corrected chi connectivity index (χ0v) is 34.5. The Balaban J connectivity index is 0.984. The number of hydrogen-bond acceptors (Lipinski definition) is 1. The minimum atomic E-state index is -0.132. The fourth-order valence-corrected chi connectivity index (χ4v) is 13.0. The number of allylic oxidation sites excluding steroid dienone is 7. The fourth-order valence-electron chi connectivity index (χ4n) is 11.9. The lowest BCUT2D eigenvalue weighted by Crippen LogP contribution is -2.18. The second-order valence-electron chi connectivity index (χ2n) is 18.1. The molecule has 2 heteroatoms. The molecule has 0 bridgehead atoms. The van der Waals surface area contributed by atoms with Crippen LogP contribution in [0.25, 0.3) is 76.2 Å². The van der Waals surface area contributed by atoms with Crippen LogP contribution in [0, 0.1) is 0 Å². The van der Waals surface area contributed by atoms with Gasteiger partial charge < -0.3 is 4.57 Å². The third-order valence-corrected chi connectivity index (χ3v) is 15.8. The molecule has 5 aliphatic rings. The Morgan fingerprint density at radius 3 is 2.42 bits per heavy atom. The first-order chi connectivity index (χ1) is 29.0. The van der Waals surface area contributed by atoms with E-state index in [1.807, 2.05) is 11.3 Å². The summed E-state index contributed by atoms with van der Waals surface area (Å²) in [4.78, 5) is 0. The fraction of sp³-hybridized carbons (Fsp3) is 0.193. The van der Waals surface area contributed by atoms with Crippen molar-refractivity contribution < 1.29 is 0 Å². The molecule has 5 aliphatic carbocycles. The van der Waals surface area contributed by atoms with Crippen molar-refractivity contribution >= 4 is 48.5 Å². The predicted molar refractivity (Wildman–Crippen MR) is 251 cm³/mol. The quantitative estimate of drug-likeness (QED) is 0.158. The molecule has 2 aromatic heterocycles. The second-order valence-corrected chi connectivity index (χ2v) is 19.2. The van der Waals surface area contributed by atoms with Crippen LogP contribution in [0.1, 0.15) is 91.3 Å². The molecule has 0 spiro atoms. The van der Waals surface area contributed by atoms with Crippen molar-refractivity contribution in [2.75, 3.05) is 0 Å². The Bertz CT molecular complexity index is 3260. The predicted octanol–water partition coefficient (Wildman–Crippen LogP) is 15.8. The molecule has 1 nitrogen and oxygen atoms in total. The maximum Gasteiger partial charge on any atom is 0.0538 e. The van der Waals surface area contributed by atoms with Crippen molar-refractivity contribution in [2.24, 2.45) is 0 Å². The van der Waals surface area contributed by atoms with Crippen LogP contribution in [-0.4, -0.2) is 4.57 Å². The van der Waals surface area contributed by atoms with E-state index in [-0.39, 0.29) is 5.41 Å². The number of fused-ring (bicyclic) bond motifs is 16. The number of aromatic nitrogens is 1. The van der Waals surface area contributed by atoms with Gasteiger partial charge in [-0.15, -0.1) is 11.3 Å². The van der Waals surface area contributed by atoms with Gasteiger partial charge in [0.25, 0.3) is 0 Å². The molecule has 59 heavy (non-hydrogen) atoms. The molecule has 2 heterocycles. The molecule has 2 unspecified atom stereocenters. The lowest BCUT2D eigenvalue weighted by Gasteiger charge is -2.36. The number of rotatable bonds is 3. The summed E-state index contributed by atoms with van der Waals surface area (Å²) in [6.45, 7) is 4.90. The van der Waals surface area contributed by atoms with Gasteiger partial charge in [0.15, 0.2) is 0 Å². The van der Waals surface area contributed by atoms with Gasteiger partial charge in [-0.2, -0.15) is 0 Å². The highest BCUT2D eigenvalue weighted by Gasteiger charge is 2.39. The Morgan fingerprint density at radius 1 is 0.661 bits per heavy atom. The molecule has 13 rings (SSSR count). The molecule has 6 aromatic carbocycles. The average Bonchev–Trinajstić information content (AvgIpc) is 3.91. The van der Waals surface area contributed by atoms with E-state index in [1.165, 1.54) is 121 Å². The summed E-state index contributed by atoms with van der Waals surface area (Å²) in [5.74, 6) is 0.980. The highest BCUT2D eigenvalue weighted by Crippen LogP contribution is 2.55. The molecule has 8 aromatic rings. The first kappa shape index (κ1) is 34.0. The summed E-state index contributed by atoms with van der Waals surface area (Å²) >= 11 is 1.92. The van der Waals surface area contributed by atoms with E-state index < -0.39 is 0 Å². The summed E-state index contributed by atoms with van der Waals surface area (Å²) in [7, 11) is 0. The van der Waals surface area contributed by atoms with Crippen LogP contribution in [0.5, 0.6) is 0 Å². The van der Waals surface area contributed by atoms with Gasteiger partial charge in [0.1, 0.15) is 0 Å². The maximum atomic E-state index is 2.61. The van der Waals surface area contributed by atoms with Crippen LogP contribution < -0.4 is 0 Å². The molecule has 284 valence electrons. The van der Waals surface area contributed by atoms with E-state index in [0.717, 1.165) is 32.1 Å². The third kappa shape index (κ3) is 4.84. The van der Waals surface area contributed by atoms with E-state index in [0.29, 0.717) is 11.8 Å². The number of nitrogens with zero attached hydrogens (tertiary/aromatic N) is 1. The summed E-state index contributed by atoms with van der Waals surface area (Å²) in [6.07, 6.45) is 21.3. The average molecular weight is 776 g/mol. The summed E-state index contributed by atoms with van der Waals surface area (Å²) in [5.41, 5.74) is 22.2. The zero-order chi connectivity index (χ0) is 39.0. The Kier molecular flexibility index (Phi) is 7.21. The van der Waals surface area contributed by atoms with Gasteiger partial charge in [-0.1, -0.05) is 117 Å².